The topological polar surface area (TPSA) is 49.3 Å². The number of piperazine rings is 1. The number of nitrogens with zero attached hydrogens (tertiary/aromatic N) is 3. The molecule has 0 unspecified atom stereocenters. The standard InChI is InChI=1S/C18H30N4O2.HI/c1-4-19-18(20-9-14-24-5-2)22-12-10-21(11-13-22)16-7-6-8-17(15-16)23-3;/h6-8,15H,4-5,9-14H2,1-3H3,(H,19,20);1H. The summed E-state index contributed by atoms with van der Waals surface area (Å²) in [5.41, 5.74) is 1.22. The zero-order valence-electron chi connectivity index (χ0n) is 15.5. The lowest BCUT2D eigenvalue weighted by Crippen LogP contribution is -2.52. The fraction of sp³-hybridized carbons (Fsp3) is 0.611. The van der Waals surface area contributed by atoms with Crippen LogP contribution in [0.2, 0.25) is 0 Å². The normalized spacial score (nSPS) is 14.9. The summed E-state index contributed by atoms with van der Waals surface area (Å²) in [7, 11) is 1.71. The summed E-state index contributed by atoms with van der Waals surface area (Å²) in [5.74, 6) is 1.89. The molecule has 0 amide bonds. The van der Waals surface area contributed by atoms with E-state index >= 15 is 0 Å². The van der Waals surface area contributed by atoms with Crippen molar-refractivity contribution in [1.29, 1.82) is 0 Å². The van der Waals surface area contributed by atoms with E-state index in [-0.39, 0.29) is 24.0 Å². The number of ether oxygens (including phenoxy) is 2. The number of anilines is 1. The van der Waals surface area contributed by atoms with Crippen LogP contribution in [0, 0.1) is 0 Å². The van der Waals surface area contributed by atoms with E-state index in [4.69, 9.17) is 9.47 Å². The molecule has 0 radical (unpaired) electrons. The zero-order valence-corrected chi connectivity index (χ0v) is 17.9. The maximum atomic E-state index is 5.37. The lowest BCUT2D eigenvalue weighted by atomic mass is 10.2. The van der Waals surface area contributed by atoms with Crippen LogP contribution >= 0.6 is 24.0 Å². The second-order valence-corrected chi connectivity index (χ2v) is 5.61. The molecule has 1 fully saturated rings. The van der Waals surface area contributed by atoms with Gasteiger partial charge in [-0.2, -0.15) is 0 Å². The van der Waals surface area contributed by atoms with Crippen molar-refractivity contribution in [3.05, 3.63) is 24.3 Å². The molecule has 2 rings (SSSR count). The molecular formula is C18H31IN4O2. The van der Waals surface area contributed by atoms with E-state index in [0.717, 1.165) is 51.0 Å². The van der Waals surface area contributed by atoms with Crippen LogP contribution in [0.1, 0.15) is 13.8 Å². The third kappa shape index (κ3) is 6.89. The predicted octanol–water partition coefficient (Wildman–Crippen LogP) is 2.44. The first-order valence-electron chi connectivity index (χ1n) is 8.78. The Balaban J connectivity index is 0.00000312. The first-order valence-corrected chi connectivity index (χ1v) is 8.78. The number of benzene rings is 1. The van der Waals surface area contributed by atoms with E-state index in [0.29, 0.717) is 13.2 Å². The Bertz CT molecular complexity index is 520. The highest BCUT2D eigenvalue weighted by molar-refractivity contribution is 14.0. The van der Waals surface area contributed by atoms with Crippen molar-refractivity contribution in [3.8, 4) is 5.75 Å². The Kier molecular flexibility index (Phi) is 10.6. The summed E-state index contributed by atoms with van der Waals surface area (Å²) in [6.45, 7) is 11.0. The highest BCUT2D eigenvalue weighted by Gasteiger charge is 2.20. The molecule has 25 heavy (non-hydrogen) atoms. The Morgan fingerprint density at radius 2 is 1.96 bits per heavy atom. The summed E-state index contributed by atoms with van der Waals surface area (Å²) >= 11 is 0. The molecule has 142 valence electrons. The molecule has 1 heterocycles. The first kappa shape index (κ1) is 21.8. The Morgan fingerprint density at radius 1 is 1.20 bits per heavy atom. The van der Waals surface area contributed by atoms with Crippen LogP contribution in [-0.2, 0) is 4.74 Å². The number of guanidine groups is 1. The average molecular weight is 462 g/mol. The maximum Gasteiger partial charge on any atom is 0.194 e. The monoisotopic (exact) mass is 462 g/mol. The van der Waals surface area contributed by atoms with Gasteiger partial charge in [-0.1, -0.05) is 6.07 Å². The van der Waals surface area contributed by atoms with Crippen molar-refractivity contribution in [2.45, 2.75) is 13.8 Å². The summed E-state index contributed by atoms with van der Waals surface area (Å²) in [5, 5.41) is 3.38. The molecule has 1 N–H and O–H groups in total. The van der Waals surface area contributed by atoms with Crippen molar-refractivity contribution >= 4 is 35.6 Å². The van der Waals surface area contributed by atoms with Gasteiger partial charge in [0.15, 0.2) is 5.96 Å². The molecule has 1 saturated heterocycles. The fourth-order valence-corrected chi connectivity index (χ4v) is 2.77. The molecule has 0 aliphatic carbocycles. The SMILES string of the molecule is CCNC(=NCCOCC)N1CCN(c2cccc(OC)c2)CC1.I. The van der Waals surface area contributed by atoms with E-state index in [1.807, 2.05) is 19.1 Å². The number of halogens is 1. The molecule has 0 aromatic heterocycles. The highest BCUT2D eigenvalue weighted by atomic mass is 127. The largest absolute Gasteiger partial charge is 0.497 e. The van der Waals surface area contributed by atoms with E-state index in [1.165, 1.54) is 5.69 Å². The lowest BCUT2D eigenvalue weighted by molar-refractivity contribution is 0.155. The minimum Gasteiger partial charge on any atom is -0.497 e. The van der Waals surface area contributed by atoms with E-state index in [9.17, 15) is 0 Å². The van der Waals surface area contributed by atoms with Crippen molar-refractivity contribution in [2.24, 2.45) is 4.99 Å². The zero-order chi connectivity index (χ0) is 17.2. The van der Waals surface area contributed by atoms with Gasteiger partial charge in [0.2, 0.25) is 0 Å². The minimum absolute atomic E-state index is 0. The number of nitrogens with one attached hydrogen (secondary N) is 1. The van der Waals surface area contributed by atoms with Gasteiger partial charge in [0.1, 0.15) is 5.75 Å². The third-order valence-electron chi connectivity index (χ3n) is 4.03. The summed E-state index contributed by atoms with van der Waals surface area (Å²) in [6, 6.07) is 8.25. The quantitative estimate of drug-likeness (QED) is 0.292. The number of rotatable bonds is 7. The van der Waals surface area contributed by atoms with Gasteiger partial charge in [-0.3, -0.25) is 4.99 Å². The Hall–Kier alpha value is -1.22. The summed E-state index contributed by atoms with van der Waals surface area (Å²) < 4.78 is 10.7. The van der Waals surface area contributed by atoms with Gasteiger partial charge in [-0.25, -0.2) is 0 Å². The second-order valence-electron chi connectivity index (χ2n) is 5.61. The molecule has 0 spiro atoms. The molecule has 0 bridgehead atoms. The highest BCUT2D eigenvalue weighted by Crippen LogP contribution is 2.22. The first-order chi connectivity index (χ1) is 11.8. The molecule has 7 heteroatoms. The molecule has 1 aliphatic heterocycles. The second kappa shape index (κ2) is 12.2. The number of methoxy groups -OCH3 is 1. The molecule has 1 aromatic rings. The van der Waals surface area contributed by atoms with Crippen molar-refractivity contribution < 1.29 is 9.47 Å². The molecule has 0 atom stereocenters. The number of hydrogen-bond acceptors (Lipinski definition) is 4. The van der Waals surface area contributed by atoms with Gasteiger partial charge in [0.05, 0.1) is 20.3 Å². The van der Waals surface area contributed by atoms with Crippen LogP contribution in [-0.4, -0.2) is 70.5 Å². The summed E-state index contributed by atoms with van der Waals surface area (Å²) in [4.78, 5) is 9.38. The van der Waals surface area contributed by atoms with Crippen LogP contribution in [0.25, 0.3) is 0 Å². The predicted molar refractivity (Wildman–Crippen MR) is 115 cm³/mol. The van der Waals surface area contributed by atoms with Crippen molar-refractivity contribution in [2.75, 3.05) is 64.5 Å². The molecule has 1 aromatic carbocycles. The van der Waals surface area contributed by atoms with Crippen LogP contribution in [0.15, 0.2) is 29.3 Å². The van der Waals surface area contributed by atoms with Crippen LogP contribution < -0.4 is 15.0 Å². The van der Waals surface area contributed by atoms with Gasteiger partial charge in [-0.05, 0) is 26.0 Å². The van der Waals surface area contributed by atoms with Gasteiger partial charge in [0, 0.05) is 51.1 Å². The van der Waals surface area contributed by atoms with E-state index in [2.05, 4.69) is 39.2 Å². The van der Waals surface area contributed by atoms with E-state index < -0.39 is 0 Å². The maximum absolute atomic E-state index is 5.37. The van der Waals surface area contributed by atoms with E-state index in [1.54, 1.807) is 7.11 Å². The molecule has 1 aliphatic rings. The van der Waals surface area contributed by atoms with Gasteiger partial charge < -0.3 is 24.6 Å². The van der Waals surface area contributed by atoms with Gasteiger partial charge in [-0.15, -0.1) is 24.0 Å². The lowest BCUT2D eigenvalue weighted by Gasteiger charge is -2.37. The molecular weight excluding hydrogens is 431 g/mol. The van der Waals surface area contributed by atoms with Crippen molar-refractivity contribution in [3.63, 3.8) is 0 Å². The van der Waals surface area contributed by atoms with Gasteiger partial charge >= 0.3 is 0 Å². The number of aliphatic imine (C=N–C) groups is 1. The fourth-order valence-electron chi connectivity index (χ4n) is 2.77. The smallest absolute Gasteiger partial charge is 0.194 e. The minimum atomic E-state index is 0. The van der Waals surface area contributed by atoms with Gasteiger partial charge in [0.25, 0.3) is 0 Å². The van der Waals surface area contributed by atoms with Crippen molar-refractivity contribution in [1.82, 2.24) is 10.2 Å². The van der Waals surface area contributed by atoms with Crippen LogP contribution in [0.4, 0.5) is 5.69 Å². The molecule has 0 saturated carbocycles. The Morgan fingerprint density at radius 3 is 2.60 bits per heavy atom. The average Bonchev–Trinajstić information content (AvgIpc) is 2.64. The third-order valence-corrected chi connectivity index (χ3v) is 4.03. The van der Waals surface area contributed by atoms with Crippen LogP contribution in [0.3, 0.4) is 0 Å². The number of hydrogen-bond donors (Lipinski definition) is 1. The van der Waals surface area contributed by atoms with Crippen LogP contribution in [0.5, 0.6) is 5.75 Å². The molecule has 6 nitrogen and oxygen atoms in total. The Labute approximate surface area is 168 Å². The summed E-state index contributed by atoms with van der Waals surface area (Å²) in [6.07, 6.45) is 0.